The maximum Gasteiger partial charge on any atom is 0.308 e. The van der Waals surface area contributed by atoms with Crippen LogP contribution in [-0.2, 0) is 30.7 Å². The van der Waals surface area contributed by atoms with Gasteiger partial charge in [0.2, 0.25) is 0 Å². The first-order chi connectivity index (χ1) is 17.8. The summed E-state index contributed by atoms with van der Waals surface area (Å²) in [6, 6.07) is 19.6. The Bertz CT molecular complexity index is 1020. The summed E-state index contributed by atoms with van der Waals surface area (Å²) in [5.41, 5.74) is 1.70. The SMILES string of the molecule is CC(C)C(=O)OC(C)(C)C.CC(C)C(=O)c1ccccc1.CC(C)OCc1ccccc1.CC(C)S(C)(=O)=O. The fourth-order valence-electron chi connectivity index (χ4n) is 2.19. The van der Waals surface area contributed by atoms with E-state index in [9.17, 15) is 18.0 Å². The third-order valence-electron chi connectivity index (χ3n) is 4.74. The van der Waals surface area contributed by atoms with Crippen molar-refractivity contribution in [1.82, 2.24) is 0 Å². The third-order valence-corrected chi connectivity index (χ3v) is 6.46. The van der Waals surface area contributed by atoms with E-state index in [0.717, 1.165) is 12.2 Å². The van der Waals surface area contributed by atoms with Crippen molar-refractivity contribution in [2.45, 2.75) is 99.7 Å². The van der Waals surface area contributed by atoms with Gasteiger partial charge < -0.3 is 9.47 Å². The van der Waals surface area contributed by atoms with Crippen LogP contribution in [-0.4, -0.2) is 43.4 Å². The maximum atomic E-state index is 11.3. The zero-order valence-electron chi connectivity index (χ0n) is 26.1. The Morgan fingerprint density at radius 1 is 0.744 bits per heavy atom. The molecule has 6 nitrogen and oxygen atoms in total. The number of Topliss-reactive ketones (excluding diaryl/α,β-unsaturated/α-hetero) is 1. The highest BCUT2D eigenvalue weighted by molar-refractivity contribution is 7.91. The van der Waals surface area contributed by atoms with E-state index in [1.54, 1.807) is 13.8 Å². The maximum absolute atomic E-state index is 11.3. The number of ketones is 1. The van der Waals surface area contributed by atoms with Crippen molar-refractivity contribution < 1.29 is 27.5 Å². The van der Waals surface area contributed by atoms with Gasteiger partial charge >= 0.3 is 5.97 Å². The number of rotatable bonds is 7. The van der Waals surface area contributed by atoms with Crippen molar-refractivity contribution in [2.75, 3.05) is 6.26 Å². The molecule has 0 radical (unpaired) electrons. The van der Waals surface area contributed by atoms with Gasteiger partial charge in [0.1, 0.15) is 15.4 Å². The van der Waals surface area contributed by atoms with Crippen LogP contribution in [0.1, 0.15) is 92.1 Å². The molecule has 0 unspecified atom stereocenters. The van der Waals surface area contributed by atoms with E-state index in [1.165, 1.54) is 11.8 Å². The number of carbonyl (C=O) groups is 2. The van der Waals surface area contributed by atoms with E-state index < -0.39 is 9.84 Å². The van der Waals surface area contributed by atoms with Gasteiger partial charge in [-0.05, 0) is 54.0 Å². The van der Waals surface area contributed by atoms with Crippen molar-refractivity contribution in [1.29, 1.82) is 0 Å². The molecule has 0 atom stereocenters. The minimum absolute atomic E-state index is 0.0285. The molecule has 0 heterocycles. The van der Waals surface area contributed by atoms with Gasteiger partial charge in [-0.3, -0.25) is 9.59 Å². The normalized spacial score (nSPS) is 11.1. The molecule has 2 rings (SSSR count). The second kappa shape index (κ2) is 19.5. The molecule has 0 aliphatic rings. The fourth-order valence-corrected chi connectivity index (χ4v) is 2.19. The lowest BCUT2D eigenvalue weighted by Gasteiger charge is -2.20. The number of sulfone groups is 1. The second-order valence-corrected chi connectivity index (χ2v) is 13.9. The first-order valence-electron chi connectivity index (χ1n) is 13.4. The summed E-state index contributed by atoms with van der Waals surface area (Å²) < 4.78 is 31.2. The molecule has 2 aromatic rings. The number of hydrogen-bond donors (Lipinski definition) is 0. The Hall–Kier alpha value is -2.51. The highest BCUT2D eigenvalue weighted by Crippen LogP contribution is 2.10. The van der Waals surface area contributed by atoms with E-state index in [0.29, 0.717) is 6.10 Å². The molecule has 0 aliphatic heterocycles. The molecule has 7 heteroatoms. The number of ether oxygens (including phenoxy) is 2. The Balaban J connectivity index is 0. The molecule has 0 saturated carbocycles. The van der Waals surface area contributed by atoms with Gasteiger partial charge in [0, 0.05) is 17.7 Å². The van der Waals surface area contributed by atoms with E-state index >= 15 is 0 Å². The summed E-state index contributed by atoms with van der Waals surface area (Å²) >= 11 is 0. The molecular weight excluding hydrogens is 512 g/mol. The Morgan fingerprint density at radius 2 is 1.15 bits per heavy atom. The minimum atomic E-state index is -2.74. The lowest BCUT2D eigenvalue weighted by Crippen LogP contribution is -2.26. The quantitative estimate of drug-likeness (QED) is 0.255. The van der Waals surface area contributed by atoms with Crippen LogP contribution < -0.4 is 0 Å². The van der Waals surface area contributed by atoms with E-state index in [-0.39, 0.29) is 34.4 Å². The lowest BCUT2D eigenvalue weighted by atomic mass is 10.0. The Morgan fingerprint density at radius 3 is 1.44 bits per heavy atom. The van der Waals surface area contributed by atoms with E-state index in [2.05, 4.69) is 12.1 Å². The van der Waals surface area contributed by atoms with Crippen molar-refractivity contribution >= 4 is 21.6 Å². The molecule has 0 aromatic heterocycles. The molecule has 0 N–H and O–H groups in total. The van der Waals surface area contributed by atoms with Gasteiger partial charge in [0.05, 0.1) is 23.9 Å². The molecule has 0 saturated heterocycles. The first kappa shape index (κ1) is 38.6. The highest BCUT2D eigenvalue weighted by Gasteiger charge is 2.18. The summed E-state index contributed by atoms with van der Waals surface area (Å²) in [4.78, 5) is 22.3. The standard InChI is InChI=1S/C10H14O.C10H12O.C8H16O2.C4H10O2S/c1-9(2)11-8-10-6-4-3-5-7-10;1-8(2)10(11)9-6-4-3-5-7-9;1-6(2)7(9)10-8(3,4)5;1-4(2)7(3,5)6/h3-7,9H,8H2,1-2H3;3-8H,1-2H3;6H,1-5H3;4H,1-3H3. The van der Waals surface area contributed by atoms with Gasteiger partial charge in [-0.2, -0.15) is 0 Å². The van der Waals surface area contributed by atoms with Gasteiger partial charge in [-0.15, -0.1) is 0 Å². The number of hydrogen-bond acceptors (Lipinski definition) is 6. The molecule has 0 bridgehead atoms. The Kier molecular flexibility index (Phi) is 19.4. The second-order valence-electron chi connectivity index (χ2n) is 11.3. The highest BCUT2D eigenvalue weighted by atomic mass is 32.2. The first-order valence-corrected chi connectivity index (χ1v) is 15.4. The van der Waals surface area contributed by atoms with Crippen molar-refractivity contribution in [3.8, 4) is 0 Å². The van der Waals surface area contributed by atoms with Crippen LogP contribution in [0.2, 0.25) is 0 Å². The number of benzene rings is 2. The predicted molar refractivity (Wildman–Crippen MR) is 163 cm³/mol. The smallest absolute Gasteiger partial charge is 0.308 e. The molecule has 39 heavy (non-hydrogen) atoms. The van der Waals surface area contributed by atoms with Crippen molar-refractivity contribution in [2.24, 2.45) is 11.8 Å². The molecule has 2 aromatic carbocycles. The van der Waals surface area contributed by atoms with Crippen LogP contribution in [0.4, 0.5) is 0 Å². The summed E-state index contributed by atoms with van der Waals surface area (Å²) in [6.07, 6.45) is 1.55. The number of carbonyl (C=O) groups excluding carboxylic acids is 2. The van der Waals surface area contributed by atoms with Crippen molar-refractivity contribution in [3.63, 3.8) is 0 Å². The van der Waals surface area contributed by atoms with Gasteiger partial charge in [-0.1, -0.05) is 88.4 Å². The van der Waals surface area contributed by atoms with Crippen LogP contribution in [0.5, 0.6) is 0 Å². The van der Waals surface area contributed by atoms with Crippen LogP contribution in [0.15, 0.2) is 60.7 Å². The summed E-state index contributed by atoms with van der Waals surface area (Å²) in [5, 5.41) is -0.229. The average molecular weight is 565 g/mol. The van der Waals surface area contributed by atoms with Crippen molar-refractivity contribution in [3.05, 3.63) is 71.8 Å². The Labute approximate surface area is 238 Å². The van der Waals surface area contributed by atoms with Crippen LogP contribution >= 0.6 is 0 Å². The topological polar surface area (TPSA) is 86.7 Å². The monoisotopic (exact) mass is 564 g/mol. The molecular formula is C32H52O6S. The zero-order valence-corrected chi connectivity index (χ0v) is 27.0. The average Bonchev–Trinajstić information content (AvgIpc) is 2.83. The molecule has 0 spiro atoms. The van der Waals surface area contributed by atoms with Gasteiger partial charge in [-0.25, -0.2) is 8.42 Å². The largest absolute Gasteiger partial charge is 0.460 e. The van der Waals surface area contributed by atoms with E-state index in [1.807, 2.05) is 111 Å². The third kappa shape index (κ3) is 23.1. The van der Waals surface area contributed by atoms with Crippen LogP contribution in [0.25, 0.3) is 0 Å². The fraction of sp³-hybridized carbons (Fsp3) is 0.562. The molecule has 0 amide bonds. The minimum Gasteiger partial charge on any atom is -0.460 e. The molecule has 222 valence electrons. The molecule has 0 fully saturated rings. The van der Waals surface area contributed by atoms with E-state index in [4.69, 9.17) is 9.47 Å². The van der Waals surface area contributed by atoms with Crippen LogP contribution in [0.3, 0.4) is 0 Å². The summed E-state index contributed by atoms with van der Waals surface area (Å²) in [7, 11) is -2.74. The zero-order chi connectivity index (χ0) is 30.8. The summed E-state index contributed by atoms with van der Waals surface area (Å²) in [5.74, 6) is 0.148. The lowest BCUT2D eigenvalue weighted by molar-refractivity contribution is -0.158. The molecule has 0 aliphatic carbocycles. The predicted octanol–water partition coefficient (Wildman–Crippen LogP) is 7.56. The van der Waals surface area contributed by atoms with Crippen LogP contribution in [0, 0.1) is 11.8 Å². The van der Waals surface area contributed by atoms with Gasteiger partial charge in [0.25, 0.3) is 0 Å². The van der Waals surface area contributed by atoms with Gasteiger partial charge in [0.15, 0.2) is 5.78 Å². The summed E-state index contributed by atoms with van der Waals surface area (Å²) in [6.45, 7) is 21.2. The number of esters is 1.